The molecular formula is C7H11NO3. The minimum Gasteiger partial charge on any atom is -0.388 e. The fraction of sp³-hybridized carbons (Fsp3) is 0.571. The summed E-state index contributed by atoms with van der Waals surface area (Å²) < 4.78 is 0. The van der Waals surface area contributed by atoms with Gasteiger partial charge in [0, 0.05) is 13.1 Å². The third-order valence-electron chi connectivity index (χ3n) is 1.75. The Morgan fingerprint density at radius 2 is 1.91 bits per heavy atom. The smallest absolute Gasteiger partial charge is 0.246 e. The van der Waals surface area contributed by atoms with Crippen molar-refractivity contribution in [2.24, 2.45) is 0 Å². The van der Waals surface area contributed by atoms with Gasteiger partial charge in [-0.3, -0.25) is 4.79 Å². The van der Waals surface area contributed by atoms with Gasteiger partial charge in [0.1, 0.15) is 0 Å². The number of hydrogen-bond donors (Lipinski definition) is 2. The third kappa shape index (κ3) is 1.58. The summed E-state index contributed by atoms with van der Waals surface area (Å²) in [6.45, 7) is 3.70. The van der Waals surface area contributed by atoms with E-state index in [9.17, 15) is 4.79 Å². The molecule has 11 heavy (non-hydrogen) atoms. The summed E-state index contributed by atoms with van der Waals surface area (Å²) in [6.07, 6.45) is -0.442. The van der Waals surface area contributed by atoms with Gasteiger partial charge < -0.3 is 15.1 Å². The van der Waals surface area contributed by atoms with Gasteiger partial charge in [0.25, 0.3) is 0 Å². The minimum absolute atomic E-state index is 0.200. The second kappa shape index (κ2) is 3.02. The molecule has 0 saturated carbocycles. The van der Waals surface area contributed by atoms with E-state index in [4.69, 9.17) is 10.2 Å². The van der Waals surface area contributed by atoms with Crippen molar-refractivity contribution in [1.29, 1.82) is 0 Å². The first-order chi connectivity index (χ1) is 5.15. The van der Waals surface area contributed by atoms with Crippen LogP contribution >= 0.6 is 0 Å². The van der Waals surface area contributed by atoms with Crippen LogP contribution in [-0.4, -0.2) is 46.3 Å². The van der Waals surface area contributed by atoms with E-state index in [2.05, 4.69) is 6.58 Å². The van der Waals surface area contributed by atoms with E-state index in [1.165, 1.54) is 11.0 Å². The zero-order chi connectivity index (χ0) is 8.43. The van der Waals surface area contributed by atoms with E-state index in [0.29, 0.717) is 0 Å². The highest BCUT2D eigenvalue weighted by molar-refractivity contribution is 5.87. The van der Waals surface area contributed by atoms with Gasteiger partial charge in [-0.25, -0.2) is 0 Å². The highest BCUT2D eigenvalue weighted by Gasteiger charge is 2.31. The molecule has 0 radical (unpaired) electrons. The molecule has 1 heterocycles. The Labute approximate surface area is 64.7 Å². The Morgan fingerprint density at radius 1 is 1.45 bits per heavy atom. The number of nitrogens with zero attached hydrogens (tertiary/aromatic N) is 1. The third-order valence-corrected chi connectivity index (χ3v) is 1.75. The summed E-state index contributed by atoms with van der Waals surface area (Å²) in [6, 6.07) is 0. The van der Waals surface area contributed by atoms with Crippen LogP contribution in [-0.2, 0) is 4.79 Å². The maximum absolute atomic E-state index is 10.9. The number of amides is 1. The van der Waals surface area contributed by atoms with Gasteiger partial charge in [-0.2, -0.15) is 0 Å². The zero-order valence-corrected chi connectivity index (χ0v) is 6.10. The topological polar surface area (TPSA) is 60.8 Å². The van der Waals surface area contributed by atoms with Gasteiger partial charge in [0.2, 0.25) is 5.91 Å². The molecule has 2 unspecified atom stereocenters. The number of likely N-dealkylation sites (tertiary alicyclic amines) is 1. The lowest BCUT2D eigenvalue weighted by atomic mass is 10.3. The van der Waals surface area contributed by atoms with E-state index >= 15 is 0 Å². The van der Waals surface area contributed by atoms with Crippen LogP contribution in [0.3, 0.4) is 0 Å². The summed E-state index contributed by atoms with van der Waals surface area (Å²) >= 11 is 0. The molecule has 2 atom stereocenters. The lowest BCUT2D eigenvalue weighted by molar-refractivity contribution is -0.125. The standard InChI is InChI=1S/C7H11NO3/c1-2-7(11)8-3-5(9)6(10)4-8/h2,5-6,9-10H,1,3-4H2. The van der Waals surface area contributed by atoms with E-state index in [0.717, 1.165) is 0 Å². The number of carbonyl (C=O) groups is 1. The van der Waals surface area contributed by atoms with Crippen molar-refractivity contribution < 1.29 is 15.0 Å². The van der Waals surface area contributed by atoms with E-state index < -0.39 is 12.2 Å². The molecule has 2 N–H and O–H groups in total. The van der Waals surface area contributed by atoms with Crippen molar-refractivity contribution in [2.45, 2.75) is 12.2 Å². The second-order valence-electron chi connectivity index (χ2n) is 2.58. The molecule has 0 aromatic rings. The Hall–Kier alpha value is -0.870. The molecule has 1 saturated heterocycles. The zero-order valence-electron chi connectivity index (χ0n) is 6.10. The van der Waals surface area contributed by atoms with Crippen LogP contribution in [0.2, 0.25) is 0 Å². The molecule has 0 aliphatic carbocycles. The van der Waals surface area contributed by atoms with Crippen LogP contribution in [0.5, 0.6) is 0 Å². The van der Waals surface area contributed by atoms with Crippen molar-refractivity contribution in [3.63, 3.8) is 0 Å². The van der Waals surface area contributed by atoms with Crippen LogP contribution in [0.1, 0.15) is 0 Å². The predicted molar refractivity (Wildman–Crippen MR) is 38.8 cm³/mol. The van der Waals surface area contributed by atoms with Crippen LogP contribution in [0.25, 0.3) is 0 Å². The summed E-state index contributed by atoms with van der Waals surface area (Å²) in [5, 5.41) is 18.1. The second-order valence-corrected chi connectivity index (χ2v) is 2.58. The molecule has 4 heteroatoms. The van der Waals surface area contributed by atoms with Crippen LogP contribution in [0.15, 0.2) is 12.7 Å². The normalized spacial score (nSPS) is 30.5. The van der Waals surface area contributed by atoms with Crippen molar-refractivity contribution in [3.8, 4) is 0 Å². The monoisotopic (exact) mass is 157 g/mol. The average molecular weight is 157 g/mol. The Bertz CT molecular complexity index is 171. The maximum atomic E-state index is 10.9. The first kappa shape index (κ1) is 8.23. The maximum Gasteiger partial charge on any atom is 0.246 e. The summed E-state index contributed by atoms with van der Waals surface area (Å²) in [5.74, 6) is -0.249. The first-order valence-electron chi connectivity index (χ1n) is 3.42. The van der Waals surface area contributed by atoms with E-state index in [1.54, 1.807) is 0 Å². The molecular weight excluding hydrogens is 146 g/mol. The van der Waals surface area contributed by atoms with Gasteiger partial charge in [-0.1, -0.05) is 6.58 Å². The lowest BCUT2D eigenvalue weighted by Gasteiger charge is -2.11. The largest absolute Gasteiger partial charge is 0.388 e. The van der Waals surface area contributed by atoms with Crippen molar-refractivity contribution in [1.82, 2.24) is 4.90 Å². The van der Waals surface area contributed by atoms with Crippen molar-refractivity contribution in [2.75, 3.05) is 13.1 Å². The Balaban J connectivity index is 2.53. The number of β-amino-alcohol motifs (C(OH)–C–C–N with tert-alkyl or cyclic N) is 2. The number of hydrogen-bond acceptors (Lipinski definition) is 3. The van der Waals surface area contributed by atoms with E-state index in [-0.39, 0.29) is 19.0 Å². The van der Waals surface area contributed by atoms with Crippen molar-refractivity contribution in [3.05, 3.63) is 12.7 Å². The van der Waals surface area contributed by atoms with Gasteiger partial charge in [0.05, 0.1) is 12.2 Å². The minimum atomic E-state index is -0.807. The average Bonchev–Trinajstić information content (AvgIpc) is 2.31. The van der Waals surface area contributed by atoms with Crippen LogP contribution < -0.4 is 0 Å². The molecule has 0 bridgehead atoms. The molecule has 1 fully saturated rings. The van der Waals surface area contributed by atoms with Gasteiger partial charge in [-0.15, -0.1) is 0 Å². The van der Waals surface area contributed by atoms with Crippen LogP contribution in [0, 0.1) is 0 Å². The summed E-state index contributed by atoms with van der Waals surface area (Å²) in [5.41, 5.74) is 0. The SMILES string of the molecule is C=CC(=O)N1CC(O)C(O)C1. The quantitative estimate of drug-likeness (QED) is 0.467. The molecule has 62 valence electrons. The number of aliphatic hydroxyl groups is 2. The molecule has 0 spiro atoms. The van der Waals surface area contributed by atoms with Gasteiger partial charge in [0.15, 0.2) is 0 Å². The van der Waals surface area contributed by atoms with Gasteiger partial charge >= 0.3 is 0 Å². The highest BCUT2D eigenvalue weighted by atomic mass is 16.3. The molecule has 0 aromatic heterocycles. The Morgan fingerprint density at radius 3 is 2.27 bits per heavy atom. The Kier molecular flexibility index (Phi) is 2.26. The lowest BCUT2D eigenvalue weighted by Crippen LogP contribution is -2.27. The molecule has 1 amide bonds. The first-order valence-corrected chi connectivity index (χ1v) is 3.42. The van der Waals surface area contributed by atoms with Crippen LogP contribution in [0.4, 0.5) is 0 Å². The fourth-order valence-corrected chi connectivity index (χ4v) is 1.08. The fourth-order valence-electron chi connectivity index (χ4n) is 1.08. The number of aliphatic hydroxyl groups excluding tert-OH is 2. The van der Waals surface area contributed by atoms with Gasteiger partial charge in [-0.05, 0) is 6.08 Å². The summed E-state index contributed by atoms with van der Waals surface area (Å²) in [7, 11) is 0. The van der Waals surface area contributed by atoms with Crippen molar-refractivity contribution >= 4 is 5.91 Å². The predicted octanol–water partition coefficient (Wildman–Crippen LogP) is -1.26. The molecule has 1 aliphatic rings. The summed E-state index contributed by atoms with van der Waals surface area (Å²) in [4.78, 5) is 12.3. The molecule has 1 rings (SSSR count). The highest BCUT2D eigenvalue weighted by Crippen LogP contribution is 2.09. The number of carbonyl (C=O) groups excluding carboxylic acids is 1. The molecule has 4 nitrogen and oxygen atoms in total. The molecule has 1 aliphatic heterocycles. The van der Waals surface area contributed by atoms with E-state index in [1.807, 2.05) is 0 Å². The number of rotatable bonds is 1. The molecule has 0 aromatic carbocycles.